The van der Waals surface area contributed by atoms with Crippen molar-refractivity contribution in [2.45, 2.75) is 33.2 Å². The Hall–Kier alpha value is -2.31. The molecule has 0 aromatic carbocycles. The number of nitrogens with one attached hydrogen (secondary N) is 2. The van der Waals surface area contributed by atoms with E-state index in [-0.39, 0.29) is 6.04 Å². The largest absolute Gasteiger partial charge is 0.467 e. The van der Waals surface area contributed by atoms with Crippen molar-refractivity contribution in [3.05, 3.63) is 24.2 Å². The lowest BCUT2D eigenvalue weighted by atomic mass is 10.2. The van der Waals surface area contributed by atoms with Crippen molar-refractivity contribution in [2.75, 3.05) is 23.8 Å². The first-order chi connectivity index (χ1) is 10.2. The number of furan rings is 1. The lowest BCUT2D eigenvalue weighted by Crippen LogP contribution is -2.13. The average molecular weight is 291 g/mol. The molecule has 7 heteroatoms. The quantitative estimate of drug-likeness (QED) is 0.773. The van der Waals surface area contributed by atoms with E-state index < -0.39 is 0 Å². The Labute approximate surface area is 124 Å². The molecular formula is C14H21N5O2. The maximum Gasteiger partial charge on any atom is 0.323 e. The molecule has 0 radical (unpaired) electrons. The minimum absolute atomic E-state index is 0.0455. The van der Waals surface area contributed by atoms with Gasteiger partial charge in [-0.3, -0.25) is 0 Å². The van der Waals surface area contributed by atoms with E-state index in [1.54, 1.807) is 6.26 Å². The van der Waals surface area contributed by atoms with Crippen molar-refractivity contribution in [2.24, 2.45) is 0 Å². The molecule has 7 nitrogen and oxygen atoms in total. The van der Waals surface area contributed by atoms with Crippen LogP contribution in [0.2, 0.25) is 0 Å². The molecule has 1 unspecified atom stereocenters. The van der Waals surface area contributed by atoms with Gasteiger partial charge in [-0.2, -0.15) is 15.0 Å². The molecule has 0 amide bonds. The van der Waals surface area contributed by atoms with Gasteiger partial charge in [-0.1, -0.05) is 6.92 Å². The molecule has 2 aromatic heterocycles. The standard InChI is InChI=1S/C14H21N5O2/c1-4-8-21-14-18-12(15-5-2)17-13(19-14)16-10(3)11-7-6-9-20-11/h6-7,9-10H,4-5,8H2,1-3H3,(H2,15,16,17,18,19). The summed E-state index contributed by atoms with van der Waals surface area (Å²) in [5.74, 6) is 1.76. The summed E-state index contributed by atoms with van der Waals surface area (Å²) in [7, 11) is 0. The Balaban J connectivity index is 2.14. The molecule has 0 aliphatic rings. The van der Waals surface area contributed by atoms with Crippen LogP contribution in [0.4, 0.5) is 11.9 Å². The van der Waals surface area contributed by atoms with Crippen LogP contribution in [0, 0.1) is 0 Å². The van der Waals surface area contributed by atoms with Crippen molar-refractivity contribution < 1.29 is 9.15 Å². The summed E-state index contributed by atoms with van der Waals surface area (Å²) in [4.78, 5) is 12.8. The zero-order valence-electron chi connectivity index (χ0n) is 12.6. The van der Waals surface area contributed by atoms with Crippen LogP contribution in [-0.4, -0.2) is 28.1 Å². The van der Waals surface area contributed by atoms with Crippen molar-refractivity contribution >= 4 is 11.9 Å². The minimum Gasteiger partial charge on any atom is -0.467 e. The van der Waals surface area contributed by atoms with Crippen molar-refractivity contribution in [1.29, 1.82) is 0 Å². The number of hydrogen-bond donors (Lipinski definition) is 2. The fraction of sp³-hybridized carbons (Fsp3) is 0.500. The first kappa shape index (κ1) is 15.1. The molecule has 21 heavy (non-hydrogen) atoms. The molecule has 2 rings (SSSR count). The van der Waals surface area contributed by atoms with Gasteiger partial charge < -0.3 is 19.8 Å². The van der Waals surface area contributed by atoms with Gasteiger partial charge in [0.1, 0.15) is 5.76 Å². The number of ether oxygens (including phenoxy) is 1. The number of rotatable bonds is 8. The van der Waals surface area contributed by atoms with Crippen LogP contribution in [0.15, 0.2) is 22.8 Å². The molecule has 0 aliphatic carbocycles. The van der Waals surface area contributed by atoms with E-state index in [2.05, 4.69) is 25.6 Å². The maximum atomic E-state index is 5.49. The van der Waals surface area contributed by atoms with Gasteiger partial charge in [0.05, 0.1) is 18.9 Å². The Kier molecular flexibility index (Phi) is 5.36. The SMILES string of the molecule is CCCOc1nc(NCC)nc(NC(C)c2ccco2)n1. The lowest BCUT2D eigenvalue weighted by molar-refractivity contribution is 0.292. The van der Waals surface area contributed by atoms with Crippen LogP contribution in [0.25, 0.3) is 0 Å². The van der Waals surface area contributed by atoms with Crippen molar-refractivity contribution in [3.63, 3.8) is 0 Å². The van der Waals surface area contributed by atoms with Gasteiger partial charge in [0.25, 0.3) is 0 Å². The van der Waals surface area contributed by atoms with Crippen LogP contribution >= 0.6 is 0 Å². The van der Waals surface area contributed by atoms with Gasteiger partial charge in [-0.05, 0) is 32.4 Å². The Bertz CT molecular complexity index is 544. The molecule has 0 saturated heterocycles. The number of hydrogen-bond acceptors (Lipinski definition) is 7. The topological polar surface area (TPSA) is 85.1 Å². The van der Waals surface area contributed by atoms with Crippen molar-refractivity contribution in [3.8, 4) is 6.01 Å². The molecule has 0 fully saturated rings. The first-order valence-electron chi connectivity index (χ1n) is 7.15. The molecule has 114 valence electrons. The smallest absolute Gasteiger partial charge is 0.323 e. The molecule has 2 N–H and O–H groups in total. The number of nitrogens with zero attached hydrogens (tertiary/aromatic N) is 3. The van der Waals surface area contributed by atoms with Gasteiger partial charge in [-0.15, -0.1) is 0 Å². The summed E-state index contributed by atoms with van der Waals surface area (Å²) in [6, 6.07) is 4.02. The highest BCUT2D eigenvalue weighted by Gasteiger charge is 2.12. The van der Waals surface area contributed by atoms with E-state index in [1.165, 1.54) is 0 Å². The number of aromatic nitrogens is 3. The lowest BCUT2D eigenvalue weighted by Gasteiger charge is -2.13. The zero-order chi connectivity index (χ0) is 15.1. The van der Waals surface area contributed by atoms with E-state index >= 15 is 0 Å². The highest BCUT2D eigenvalue weighted by Crippen LogP contribution is 2.19. The normalized spacial score (nSPS) is 12.0. The average Bonchev–Trinajstić information content (AvgIpc) is 2.99. The van der Waals surface area contributed by atoms with E-state index in [0.717, 1.165) is 18.7 Å². The fourth-order valence-corrected chi connectivity index (χ4v) is 1.72. The molecule has 0 aliphatic heterocycles. The van der Waals surface area contributed by atoms with Gasteiger partial charge in [0, 0.05) is 6.54 Å². The molecular weight excluding hydrogens is 270 g/mol. The van der Waals surface area contributed by atoms with Crippen LogP contribution in [0.1, 0.15) is 39.0 Å². The minimum atomic E-state index is -0.0455. The van der Waals surface area contributed by atoms with Crippen molar-refractivity contribution in [1.82, 2.24) is 15.0 Å². The Morgan fingerprint density at radius 3 is 2.71 bits per heavy atom. The summed E-state index contributed by atoms with van der Waals surface area (Å²) in [5, 5.41) is 6.25. The molecule has 2 heterocycles. The molecule has 1 atom stereocenters. The predicted octanol–water partition coefficient (Wildman–Crippen LogP) is 2.86. The monoisotopic (exact) mass is 291 g/mol. The zero-order valence-corrected chi connectivity index (χ0v) is 12.6. The van der Waals surface area contributed by atoms with E-state index in [9.17, 15) is 0 Å². The number of anilines is 2. The maximum absolute atomic E-state index is 5.49. The summed E-state index contributed by atoms with van der Waals surface area (Å²) >= 11 is 0. The van der Waals surface area contributed by atoms with E-state index in [1.807, 2.05) is 32.9 Å². The third kappa shape index (κ3) is 4.34. The summed E-state index contributed by atoms with van der Waals surface area (Å²) < 4.78 is 10.8. The van der Waals surface area contributed by atoms with E-state index in [4.69, 9.17) is 9.15 Å². The second kappa shape index (κ2) is 7.47. The summed E-state index contributed by atoms with van der Waals surface area (Å²) in [6.45, 7) is 7.29. The summed E-state index contributed by atoms with van der Waals surface area (Å²) in [6.07, 6.45) is 2.54. The van der Waals surface area contributed by atoms with Gasteiger partial charge in [0.15, 0.2) is 0 Å². The predicted molar refractivity (Wildman–Crippen MR) is 80.5 cm³/mol. The Morgan fingerprint density at radius 2 is 2.05 bits per heavy atom. The molecule has 0 spiro atoms. The van der Waals surface area contributed by atoms with Gasteiger partial charge in [0.2, 0.25) is 11.9 Å². The van der Waals surface area contributed by atoms with Crippen LogP contribution in [-0.2, 0) is 0 Å². The van der Waals surface area contributed by atoms with Crippen LogP contribution in [0.5, 0.6) is 6.01 Å². The van der Waals surface area contributed by atoms with Crippen LogP contribution < -0.4 is 15.4 Å². The molecule has 2 aromatic rings. The van der Waals surface area contributed by atoms with Gasteiger partial charge in [-0.25, -0.2) is 0 Å². The van der Waals surface area contributed by atoms with E-state index in [0.29, 0.717) is 24.5 Å². The fourth-order valence-electron chi connectivity index (χ4n) is 1.72. The summed E-state index contributed by atoms with van der Waals surface area (Å²) in [5.41, 5.74) is 0. The second-order valence-corrected chi connectivity index (χ2v) is 4.53. The Morgan fingerprint density at radius 1 is 1.24 bits per heavy atom. The molecule has 0 saturated carbocycles. The second-order valence-electron chi connectivity index (χ2n) is 4.53. The van der Waals surface area contributed by atoms with Gasteiger partial charge >= 0.3 is 6.01 Å². The molecule has 0 bridgehead atoms. The first-order valence-corrected chi connectivity index (χ1v) is 7.15. The highest BCUT2D eigenvalue weighted by molar-refractivity contribution is 5.37. The third-order valence-electron chi connectivity index (χ3n) is 2.70. The van der Waals surface area contributed by atoms with Crippen LogP contribution in [0.3, 0.4) is 0 Å². The highest BCUT2D eigenvalue weighted by atomic mass is 16.5. The third-order valence-corrected chi connectivity index (χ3v) is 2.70.